The SMILES string of the molecule is N#CC1=C(n2cccc2)N(c2ccccc2C(F)(F)F)C2=C(C(=O)CCC2)[C@@]12C(=O)Nc1ccccc12. The molecule has 1 amide bonds. The summed E-state index contributed by atoms with van der Waals surface area (Å²) >= 11 is 0. The van der Waals surface area contributed by atoms with E-state index in [4.69, 9.17) is 0 Å². The summed E-state index contributed by atoms with van der Waals surface area (Å²) in [6.45, 7) is 0. The van der Waals surface area contributed by atoms with E-state index in [1.807, 2.05) is 0 Å². The van der Waals surface area contributed by atoms with E-state index >= 15 is 0 Å². The number of benzene rings is 2. The van der Waals surface area contributed by atoms with Gasteiger partial charge in [0.15, 0.2) is 5.78 Å². The second-order valence-electron chi connectivity index (χ2n) is 9.10. The van der Waals surface area contributed by atoms with Gasteiger partial charge in [0.05, 0.1) is 16.8 Å². The molecular weight excluding hydrogens is 481 g/mol. The number of carbonyl (C=O) groups is 2. The van der Waals surface area contributed by atoms with Crippen LogP contribution < -0.4 is 10.2 Å². The van der Waals surface area contributed by atoms with Crippen LogP contribution >= 0.6 is 0 Å². The fourth-order valence-electron chi connectivity index (χ4n) is 5.78. The number of Topliss-reactive ketones (excluding diaryl/α,β-unsaturated/α-hetero) is 1. The van der Waals surface area contributed by atoms with E-state index in [-0.39, 0.29) is 41.3 Å². The van der Waals surface area contributed by atoms with Crippen molar-refractivity contribution in [3.63, 3.8) is 0 Å². The van der Waals surface area contributed by atoms with Gasteiger partial charge in [-0.25, -0.2) is 0 Å². The average Bonchev–Trinajstić information content (AvgIpc) is 3.51. The number of alkyl halides is 3. The Hall–Kier alpha value is -4.58. The van der Waals surface area contributed by atoms with Crippen LogP contribution in [0.1, 0.15) is 30.4 Å². The Morgan fingerprint density at radius 3 is 2.38 bits per heavy atom. The van der Waals surface area contributed by atoms with Crippen molar-refractivity contribution < 1.29 is 22.8 Å². The predicted octanol–water partition coefficient (Wildman–Crippen LogP) is 5.62. The van der Waals surface area contributed by atoms with E-state index in [0.29, 0.717) is 23.4 Å². The number of hydrogen-bond donors (Lipinski definition) is 1. The fraction of sp³-hybridized carbons (Fsp3) is 0.179. The van der Waals surface area contributed by atoms with Crippen molar-refractivity contribution in [3.8, 4) is 6.07 Å². The second-order valence-corrected chi connectivity index (χ2v) is 9.10. The molecule has 6 nitrogen and oxygen atoms in total. The van der Waals surface area contributed by atoms with Gasteiger partial charge in [0.1, 0.15) is 17.3 Å². The molecule has 3 heterocycles. The molecule has 1 aromatic heterocycles. The number of fused-ring (bicyclic) bond motifs is 3. The maximum atomic E-state index is 14.2. The van der Waals surface area contributed by atoms with Crippen LogP contribution in [0.3, 0.4) is 0 Å². The first-order chi connectivity index (χ1) is 17.8. The van der Waals surface area contributed by atoms with Crippen LogP contribution in [-0.2, 0) is 21.2 Å². The van der Waals surface area contributed by atoms with Crippen LogP contribution in [0.4, 0.5) is 24.5 Å². The topological polar surface area (TPSA) is 78.1 Å². The van der Waals surface area contributed by atoms with Gasteiger partial charge in [0.2, 0.25) is 5.91 Å². The minimum atomic E-state index is -4.70. The maximum Gasteiger partial charge on any atom is 0.418 e. The molecule has 1 N–H and O–H groups in total. The molecule has 1 aliphatic carbocycles. The Morgan fingerprint density at radius 1 is 0.946 bits per heavy atom. The lowest BCUT2D eigenvalue weighted by Gasteiger charge is -2.45. The van der Waals surface area contributed by atoms with Crippen LogP contribution in [0, 0.1) is 11.3 Å². The van der Waals surface area contributed by atoms with Gasteiger partial charge in [-0.2, -0.15) is 18.4 Å². The van der Waals surface area contributed by atoms with Gasteiger partial charge in [0, 0.05) is 41.3 Å². The largest absolute Gasteiger partial charge is 0.418 e. The summed E-state index contributed by atoms with van der Waals surface area (Å²) in [7, 11) is 0. The number of ketones is 1. The molecule has 0 unspecified atom stereocenters. The van der Waals surface area contributed by atoms with Crippen LogP contribution in [0.2, 0.25) is 0 Å². The van der Waals surface area contributed by atoms with E-state index in [9.17, 15) is 28.0 Å². The average molecular weight is 500 g/mol. The lowest BCUT2D eigenvalue weighted by Crippen LogP contribution is -2.49. The summed E-state index contributed by atoms with van der Waals surface area (Å²) in [6, 6.07) is 17.4. The van der Waals surface area contributed by atoms with Crippen molar-refractivity contribution in [1.82, 2.24) is 4.57 Å². The zero-order valence-electron chi connectivity index (χ0n) is 19.3. The number of anilines is 2. The Balaban J connectivity index is 1.80. The highest BCUT2D eigenvalue weighted by atomic mass is 19.4. The summed E-state index contributed by atoms with van der Waals surface area (Å²) in [4.78, 5) is 28.9. The number of rotatable bonds is 2. The van der Waals surface area contributed by atoms with Crippen molar-refractivity contribution >= 4 is 28.9 Å². The molecule has 1 spiro atoms. The molecular formula is C28H19F3N4O2. The Kier molecular flexibility index (Phi) is 4.92. The molecule has 0 saturated carbocycles. The number of hydrogen-bond acceptors (Lipinski definition) is 4. The van der Waals surface area contributed by atoms with Crippen LogP contribution in [-0.4, -0.2) is 16.3 Å². The summed E-state index contributed by atoms with van der Waals surface area (Å²) in [5.41, 5.74) is -1.76. The number of nitrogens with one attached hydrogen (secondary N) is 1. The van der Waals surface area contributed by atoms with E-state index in [1.54, 1.807) is 48.8 Å². The highest BCUT2D eigenvalue weighted by Gasteiger charge is 2.60. The Bertz CT molecular complexity index is 1580. The van der Waals surface area contributed by atoms with Gasteiger partial charge < -0.3 is 9.88 Å². The maximum absolute atomic E-state index is 14.2. The zero-order valence-corrected chi connectivity index (χ0v) is 19.3. The number of amides is 1. The quantitative estimate of drug-likeness (QED) is 0.496. The Morgan fingerprint density at radius 2 is 1.65 bits per heavy atom. The van der Waals surface area contributed by atoms with Crippen LogP contribution in [0.25, 0.3) is 5.82 Å². The lowest BCUT2D eigenvalue weighted by atomic mass is 9.63. The molecule has 2 aromatic carbocycles. The number of aromatic nitrogens is 1. The molecule has 0 bridgehead atoms. The molecule has 1 atom stereocenters. The zero-order chi connectivity index (χ0) is 25.9. The van der Waals surface area contributed by atoms with Crippen LogP contribution in [0.5, 0.6) is 0 Å². The van der Waals surface area contributed by atoms with Crippen molar-refractivity contribution in [2.75, 3.05) is 10.2 Å². The van der Waals surface area contributed by atoms with Gasteiger partial charge in [-0.05, 0) is 43.2 Å². The number of carbonyl (C=O) groups excluding carboxylic acids is 2. The van der Waals surface area contributed by atoms with E-state index in [2.05, 4.69) is 11.4 Å². The number of nitriles is 1. The molecule has 0 radical (unpaired) electrons. The van der Waals surface area contributed by atoms with E-state index in [1.165, 1.54) is 27.7 Å². The normalized spacial score (nSPS) is 21.2. The van der Waals surface area contributed by atoms with Gasteiger partial charge in [-0.15, -0.1) is 0 Å². The first-order valence-corrected chi connectivity index (χ1v) is 11.7. The first-order valence-electron chi connectivity index (χ1n) is 11.7. The molecule has 3 aromatic rings. The van der Waals surface area contributed by atoms with Crippen molar-refractivity contribution in [2.45, 2.75) is 30.9 Å². The third kappa shape index (κ3) is 3.05. The summed E-state index contributed by atoms with van der Waals surface area (Å²) in [5.74, 6) is -0.840. The number of halogens is 3. The number of para-hydroxylation sites is 2. The van der Waals surface area contributed by atoms with E-state index in [0.717, 1.165) is 6.07 Å². The van der Waals surface area contributed by atoms with Crippen LogP contribution in [0.15, 0.2) is 89.9 Å². The molecule has 9 heteroatoms. The van der Waals surface area contributed by atoms with Gasteiger partial charge in [-0.3, -0.25) is 14.5 Å². The third-order valence-electron chi connectivity index (χ3n) is 7.17. The standard InChI is InChI=1S/C28H19F3N4O2/c29-28(30,31)18-9-2-4-11-21(18)35-22-12-7-13-23(36)24(22)27(17-8-1-3-10-20(17)33-26(27)37)19(16-32)25(35)34-14-5-6-15-34/h1-6,8-11,14-15H,7,12-13H2,(H,33,37)/t27-/m0/s1. The smallest absolute Gasteiger partial charge is 0.324 e. The molecule has 6 rings (SSSR count). The number of nitrogens with zero attached hydrogens (tertiary/aromatic N) is 3. The minimum Gasteiger partial charge on any atom is -0.324 e. The van der Waals surface area contributed by atoms with Crippen molar-refractivity contribution in [3.05, 3.63) is 101 Å². The molecule has 2 aliphatic heterocycles. The van der Waals surface area contributed by atoms with Gasteiger partial charge in [0.25, 0.3) is 0 Å². The molecule has 0 fully saturated rings. The highest BCUT2D eigenvalue weighted by Crippen LogP contribution is 2.57. The molecule has 37 heavy (non-hydrogen) atoms. The Labute approximate surface area is 209 Å². The summed E-state index contributed by atoms with van der Waals surface area (Å²) in [6.07, 6.45) is -0.688. The summed E-state index contributed by atoms with van der Waals surface area (Å²) < 4.78 is 44.3. The number of allylic oxidation sites excluding steroid dienone is 1. The molecule has 3 aliphatic rings. The first kappa shape index (κ1) is 22.9. The van der Waals surface area contributed by atoms with Crippen molar-refractivity contribution in [2.24, 2.45) is 0 Å². The second kappa shape index (κ2) is 7.96. The highest BCUT2D eigenvalue weighted by molar-refractivity contribution is 6.21. The van der Waals surface area contributed by atoms with Crippen molar-refractivity contribution in [1.29, 1.82) is 5.26 Å². The van der Waals surface area contributed by atoms with Gasteiger partial charge >= 0.3 is 6.18 Å². The minimum absolute atomic E-state index is 0.0608. The molecule has 0 saturated heterocycles. The third-order valence-corrected chi connectivity index (χ3v) is 7.17. The van der Waals surface area contributed by atoms with Gasteiger partial charge in [-0.1, -0.05) is 30.3 Å². The summed E-state index contributed by atoms with van der Waals surface area (Å²) in [5, 5.41) is 13.4. The fourth-order valence-corrected chi connectivity index (χ4v) is 5.78. The predicted molar refractivity (Wildman–Crippen MR) is 130 cm³/mol. The van der Waals surface area contributed by atoms with E-state index < -0.39 is 23.1 Å². The molecule has 184 valence electrons. The lowest BCUT2D eigenvalue weighted by molar-refractivity contribution is -0.137. The monoisotopic (exact) mass is 500 g/mol.